The van der Waals surface area contributed by atoms with Crippen molar-refractivity contribution in [2.24, 2.45) is 0 Å². The fourth-order valence-corrected chi connectivity index (χ4v) is 4.68. The number of thiophene rings is 1. The Morgan fingerprint density at radius 3 is 2.58 bits per heavy atom. The van der Waals surface area contributed by atoms with Gasteiger partial charge in [-0.2, -0.15) is 0 Å². The van der Waals surface area contributed by atoms with E-state index in [4.69, 9.17) is 4.98 Å². The SMILES string of the molecule is Cc1ccc([C@H]([NH2+]Cc2nc3ccccc3s2)c2cccs2)cc1. The summed E-state index contributed by atoms with van der Waals surface area (Å²) in [7, 11) is 0. The Kier molecular flexibility index (Phi) is 4.43. The number of para-hydroxylation sites is 1. The van der Waals surface area contributed by atoms with Gasteiger partial charge in [-0.25, -0.2) is 4.98 Å². The number of rotatable bonds is 5. The second kappa shape index (κ2) is 6.85. The Morgan fingerprint density at radius 2 is 1.83 bits per heavy atom. The Morgan fingerprint density at radius 1 is 1.00 bits per heavy atom. The molecular weight excluding hydrogens is 332 g/mol. The van der Waals surface area contributed by atoms with Crippen LogP contribution in [0.3, 0.4) is 0 Å². The molecule has 0 saturated heterocycles. The Balaban J connectivity index is 1.58. The van der Waals surface area contributed by atoms with Gasteiger partial charge < -0.3 is 5.32 Å². The lowest BCUT2D eigenvalue weighted by molar-refractivity contribution is -0.701. The topological polar surface area (TPSA) is 29.5 Å². The maximum Gasteiger partial charge on any atom is 0.148 e. The summed E-state index contributed by atoms with van der Waals surface area (Å²) in [5, 5.41) is 5.74. The third-order valence-corrected chi connectivity index (χ3v) is 6.17. The number of quaternary nitrogens is 1. The zero-order valence-corrected chi connectivity index (χ0v) is 15.1. The number of nitrogens with zero attached hydrogens (tertiary/aromatic N) is 1. The van der Waals surface area contributed by atoms with Gasteiger partial charge in [0, 0.05) is 5.56 Å². The summed E-state index contributed by atoms with van der Waals surface area (Å²) in [4.78, 5) is 6.15. The van der Waals surface area contributed by atoms with Gasteiger partial charge >= 0.3 is 0 Å². The van der Waals surface area contributed by atoms with E-state index in [0.29, 0.717) is 6.04 Å². The lowest BCUT2D eigenvalue weighted by Crippen LogP contribution is -2.83. The van der Waals surface area contributed by atoms with Crippen LogP contribution in [0.4, 0.5) is 0 Å². The molecule has 0 spiro atoms. The highest BCUT2D eigenvalue weighted by Gasteiger charge is 2.19. The zero-order chi connectivity index (χ0) is 16.4. The van der Waals surface area contributed by atoms with Gasteiger partial charge in [0.05, 0.1) is 15.1 Å². The van der Waals surface area contributed by atoms with Crippen molar-refractivity contribution in [3.05, 3.63) is 87.1 Å². The van der Waals surface area contributed by atoms with Crippen LogP contribution in [0.2, 0.25) is 0 Å². The minimum atomic E-state index is 0.331. The lowest BCUT2D eigenvalue weighted by Gasteiger charge is -2.14. The van der Waals surface area contributed by atoms with Crippen molar-refractivity contribution >= 4 is 32.9 Å². The molecule has 2 aromatic carbocycles. The van der Waals surface area contributed by atoms with E-state index in [1.807, 2.05) is 11.3 Å². The molecule has 0 bridgehead atoms. The number of thiazole rings is 1. The van der Waals surface area contributed by atoms with Crippen molar-refractivity contribution in [2.45, 2.75) is 19.5 Å². The van der Waals surface area contributed by atoms with E-state index in [0.717, 1.165) is 12.1 Å². The molecule has 0 unspecified atom stereocenters. The molecule has 4 rings (SSSR count). The number of aryl methyl sites for hydroxylation is 1. The largest absolute Gasteiger partial charge is 0.330 e. The Bertz CT molecular complexity index is 891. The summed E-state index contributed by atoms with van der Waals surface area (Å²) in [5.74, 6) is 0. The first-order valence-corrected chi connectivity index (χ1v) is 9.77. The molecule has 0 fully saturated rings. The minimum absolute atomic E-state index is 0.331. The summed E-state index contributed by atoms with van der Waals surface area (Å²) in [6.45, 7) is 3.03. The predicted octanol–water partition coefficient (Wildman–Crippen LogP) is 4.52. The van der Waals surface area contributed by atoms with Crippen LogP contribution in [0.1, 0.15) is 27.1 Å². The first kappa shape index (κ1) is 15.5. The fraction of sp³-hybridized carbons (Fsp3) is 0.150. The van der Waals surface area contributed by atoms with Crippen molar-refractivity contribution < 1.29 is 5.32 Å². The van der Waals surface area contributed by atoms with Gasteiger partial charge in [0.15, 0.2) is 0 Å². The van der Waals surface area contributed by atoms with Gasteiger partial charge in [0.25, 0.3) is 0 Å². The molecule has 0 amide bonds. The highest BCUT2D eigenvalue weighted by atomic mass is 32.1. The van der Waals surface area contributed by atoms with Crippen molar-refractivity contribution in [3.63, 3.8) is 0 Å². The summed E-state index contributed by atoms with van der Waals surface area (Å²) >= 11 is 3.62. The molecule has 2 heterocycles. The summed E-state index contributed by atoms with van der Waals surface area (Å²) < 4.78 is 1.27. The van der Waals surface area contributed by atoms with Crippen molar-refractivity contribution in [2.75, 3.05) is 0 Å². The summed E-state index contributed by atoms with van der Waals surface area (Å²) in [6.07, 6.45) is 0. The molecule has 0 aliphatic carbocycles. The highest BCUT2D eigenvalue weighted by Crippen LogP contribution is 2.24. The molecule has 0 saturated carbocycles. The van der Waals surface area contributed by atoms with Crippen molar-refractivity contribution in [1.29, 1.82) is 0 Å². The molecule has 0 aliphatic heterocycles. The predicted molar refractivity (Wildman–Crippen MR) is 103 cm³/mol. The van der Waals surface area contributed by atoms with E-state index in [-0.39, 0.29) is 0 Å². The fourth-order valence-electron chi connectivity index (χ4n) is 2.88. The molecule has 24 heavy (non-hydrogen) atoms. The summed E-state index contributed by atoms with van der Waals surface area (Å²) in [6, 6.07) is 21.9. The summed E-state index contributed by atoms with van der Waals surface area (Å²) in [5.41, 5.74) is 3.76. The van der Waals surface area contributed by atoms with Crippen LogP contribution in [-0.2, 0) is 6.54 Å². The number of hydrogen-bond donors (Lipinski definition) is 1. The van der Waals surface area contributed by atoms with Crippen LogP contribution in [0.25, 0.3) is 10.2 Å². The van der Waals surface area contributed by atoms with E-state index >= 15 is 0 Å². The molecule has 1 atom stereocenters. The zero-order valence-electron chi connectivity index (χ0n) is 13.5. The molecule has 0 radical (unpaired) electrons. The van der Waals surface area contributed by atoms with E-state index < -0.39 is 0 Å². The number of hydrogen-bond acceptors (Lipinski definition) is 3. The second-order valence-electron chi connectivity index (χ2n) is 5.92. The molecule has 2 aromatic heterocycles. The molecule has 0 aliphatic rings. The maximum atomic E-state index is 4.76. The van der Waals surface area contributed by atoms with E-state index in [9.17, 15) is 0 Å². The lowest BCUT2D eigenvalue weighted by atomic mass is 10.0. The average Bonchev–Trinajstić information content (AvgIpc) is 3.26. The van der Waals surface area contributed by atoms with Crippen LogP contribution in [-0.4, -0.2) is 4.98 Å². The first-order valence-electron chi connectivity index (χ1n) is 8.07. The van der Waals surface area contributed by atoms with Crippen LogP contribution in [0.5, 0.6) is 0 Å². The number of aromatic nitrogens is 1. The average molecular weight is 352 g/mol. The molecule has 4 heteroatoms. The van der Waals surface area contributed by atoms with E-state index in [1.165, 1.54) is 25.7 Å². The molecule has 4 aromatic rings. The smallest absolute Gasteiger partial charge is 0.148 e. The minimum Gasteiger partial charge on any atom is -0.330 e. The third kappa shape index (κ3) is 3.26. The van der Waals surface area contributed by atoms with Crippen molar-refractivity contribution in [3.8, 4) is 0 Å². The van der Waals surface area contributed by atoms with E-state index in [1.54, 1.807) is 11.3 Å². The van der Waals surface area contributed by atoms with Crippen LogP contribution >= 0.6 is 22.7 Å². The number of nitrogens with two attached hydrogens (primary N) is 1. The maximum absolute atomic E-state index is 4.76. The quantitative estimate of drug-likeness (QED) is 0.563. The van der Waals surface area contributed by atoms with Crippen LogP contribution in [0.15, 0.2) is 66.0 Å². The van der Waals surface area contributed by atoms with Gasteiger partial charge in [-0.05, 0) is 30.5 Å². The monoisotopic (exact) mass is 351 g/mol. The molecule has 2 N–H and O–H groups in total. The highest BCUT2D eigenvalue weighted by molar-refractivity contribution is 7.18. The van der Waals surface area contributed by atoms with Crippen LogP contribution < -0.4 is 5.32 Å². The number of benzene rings is 2. The standard InChI is InChI=1S/C20H18N2S2/c1-14-8-10-15(11-9-14)20(18-7-4-12-23-18)21-13-19-22-16-5-2-3-6-17(16)24-19/h2-12,20-21H,13H2,1H3/p+1/t20-/m0/s1. The van der Waals surface area contributed by atoms with Gasteiger partial charge in [0.1, 0.15) is 17.6 Å². The first-order chi connectivity index (χ1) is 11.8. The molecular formula is C20H19N2S2+. The van der Waals surface area contributed by atoms with Crippen molar-refractivity contribution in [1.82, 2.24) is 4.98 Å². The van der Waals surface area contributed by atoms with Gasteiger partial charge in [0.2, 0.25) is 0 Å². The third-order valence-electron chi connectivity index (χ3n) is 4.15. The molecule has 2 nitrogen and oxygen atoms in total. The van der Waals surface area contributed by atoms with Crippen LogP contribution in [0, 0.1) is 6.92 Å². The Hall–Kier alpha value is -2.01. The number of fused-ring (bicyclic) bond motifs is 1. The van der Waals surface area contributed by atoms with E-state index in [2.05, 4.69) is 78.3 Å². The Labute approximate surface area is 149 Å². The normalized spacial score (nSPS) is 12.5. The van der Waals surface area contributed by atoms with Gasteiger partial charge in [-0.3, -0.25) is 0 Å². The molecule has 120 valence electrons. The van der Waals surface area contributed by atoms with Gasteiger partial charge in [-0.1, -0.05) is 48.0 Å². The van der Waals surface area contributed by atoms with Gasteiger partial charge in [-0.15, -0.1) is 22.7 Å². The second-order valence-corrected chi connectivity index (χ2v) is 8.01.